The van der Waals surface area contributed by atoms with Crippen LogP contribution in [0.5, 0.6) is 5.75 Å². The first-order valence-corrected chi connectivity index (χ1v) is 5.65. The van der Waals surface area contributed by atoms with Crippen LogP contribution in [0.25, 0.3) is 0 Å². The number of para-hydroxylation sites is 2. The normalized spacial score (nSPS) is 10.3. The van der Waals surface area contributed by atoms with Gasteiger partial charge in [-0.25, -0.2) is 0 Å². The number of benzene rings is 1. The Morgan fingerprint density at radius 2 is 2.11 bits per heavy atom. The van der Waals surface area contributed by atoms with Gasteiger partial charge in [0.1, 0.15) is 12.3 Å². The Morgan fingerprint density at radius 3 is 2.72 bits per heavy atom. The summed E-state index contributed by atoms with van der Waals surface area (Å²) in [7, 11) is 0. The molecule has 1 aromatic heterocycles. The molecule has 18 heavy (non-hydrogen) atoms. The van der Waals surface area contributed by atoms with Crippen molar-refractivity contribution >= 4 is 11.6 Å². The maximum Gasteiger partial charge on any atom is 0.246 e. The molecule has 0 aliphatic carbocycles. The molecule has 0 fully saturated rings. The number of phenols is 1. The molecule has 5 heteroatoms. The van der Waals surface area contributed by atoms with Crippen molar-refractivity contribution < 1.29 is 9.90 Å². The number of rotatable bonds is 3. The Kier molecular flexibility index (Phi) is 3.32. The van der Waals surface area contributed by atoms with Gasteiger partial charge < -0.3 is 10.4 Å². The molecule has 0 atom stereocenters. The quantitative estimate of drug-likeness (QED) is 0.811. The van der Waals surface area contributed by atoms with Crippen LogP contribution in [-0.4, -0.2) is 20.8 Å². The molecule has 94 valence electrons. The van der Waals surface area contributed by atoms with E-state index in [4.69, 9.17) is 0 Å². The topological polar surface area (TPSA) is 67.2 Å². The first-order valence-electron chi connectivity index (χ1n) is 5.65. The van der Waals surface area contributed by atoms with Crippen molar-refractivity contribution in [2.45, 2.75) is 20.4 Å². The summed E-state index contributed by atoms with van der Waals surface area (Å²) in [6.45, 7) is 3.91. The lowest BCUT2D eigenvalue weighted by molar-refractivity contribution is -0.117. The van der Waals surface area contributed by atoms with Crippen molar-refractivity contribution in [1.29, 1.82) is 0 Å². The number of carbonyl (C=O) groups excluding carboxylic acids is 1. The van der Waals surface area contributed by atoms with Gasteiger partial charge in [0, 0.05) is 5.69 Å². The Balaban J connectivity index is 2.06. The second-order valence-corrected chi connectivity index (χ2v) is 4.15. The summed E-state index contributed by atoms with van der Waals surface area (Å²) in [4.78, 5) is 11.8. The van der Waals surface area contributed by atoms with Crippen LogP contribution in [0.2, 0.25) is 0 Å². The van der Waals surface area contributed by atoms with Crippen molar-refractivity contribution in [3.05, 3.63) is 41.7 Å². The molecule has 2 rings (SSSR count). The van der Waals surface area contributed by atoms with Crippen LogP contribution in [0.4, 0.5) is 5.69 Å². The molecule has 0 radical (unpaired) electrons. The predicted octanol–water partition coefficient (Wildman–Crippen LogP) is 1.84. The Bertz CT molecular complexity index is 575. The molecular formula is C13H15N3O2. The van der Waals surface area contributed by atoms with Crippen LogP contribution < -0.4 is 5.32 Å². The fraction of sp³-hybridized carbons (Fsp3) is 0.231. The molecule has 0 aliphatic heterocycles. The summed E-state index contributed by atoms with van der Waals surface area (Å²) < 4.78 is 1.63. The summed E-state index contributed by atoms with van der Waals surface area (Å²) in [5.41, 5.74) is 2.21. The fourth-order valence-corrected chi connectivity index (χ4v) is 1.74. The van der Waals surface area contributed by atoms with E-state index in [0.29, 0.717) is 5.69 Å². The van der Waals surface area contributed by atoms with Gasteiger partial charge in [0.25, 0.3) is 0 Å². The summed E-state index contributed by atoms with van der Waals surface area (Å²) in [6.07, 6.45) is 0. The maximum atomic E-state index is 11.8. The number of aryl methyl sites for hydroxylation is 2. The largest absolute Gasteiger partial charge is 0.506 e. The number of aromatic hydroxyl groups is 1. The van der Waals surface area contributed by atoms with Gasteiger partial charge in [-0.3, -0.25) is 9.48 Å². The minimum atomic E-state index is -0.220. The molecule has 1 amide bonds. The minimum Gasteiger partial charge on any atom is -0.506 e. The lowest BCUT2D eigenvalue weighted by atomic mass is 10.3. The van der Waals surface area contributed by atoms with Gasteiger partial charge >= 0.3 is 0 Å². The number of aromatic nitrogens is 2. The molecule has 0 unspecified atom stereocenters. The average molecular weight is 245 g/mol. The van der Waals surface area contributed by atoms with Crippen LogP contribution in [-0.2, 0) is 11.3 Å². The lowest BCUT2D eigenvalue weighted by Crippen LogP contribution is -2.20. The van der Waals surface area contributed by atoms with Gasteiger partial charge in [0.05, 0.1) is 11.4 Å². The van der Waals surface area contributed by atoms with Crippen molar-refractivity contribution in [3.8, 4) is 5.75 Å². The number of hydrogen-bond donors (Lipinski definition) is 2. The van der Waals surface area contributed by atoms with Crippen molar-refractivity contribution in [1.82, 2.24) is 9.78 Å². The van der Waals surface area contributed by atoms with Gasteiger partial charge in [-0.1, -0.05) is 12.1 Å². The fourth-order valence-electron chi connectivity index (χ4n) is 1.74. The molecule has 0 spiro atoms. The number of nitrogens with zero attached hydrogens (tertiary/aromatic N) is 2. The van der Waals surface area contributed by atoms with Crippen LogP contribution >= 0.6 is 0 Å². The van der Waals surface area contributed by atoms with Gasteiger partial charge in [-0.15, -0.1) is 0 Å². The highest BCUT2D eigenvalue weighted by Gasteiger charge is 2.09. The summed E-state index contributed by atoms with van der Waals surface area (Å²) in [5.74, 6) is -0.165. The van der Waals surface area contributed by atoms with E-state index in [1.807, 2.05) is 19.9 Å². The molecule has 2 aromatic rings. The van der Waals surface area contributed by atoms with Crippen LogP contribution in [0.15, 0.2) is 30.3 Å². The minimum absolute atomic E-state index is 0.0548. The van der Waals surface area contributed by atoms with Gasteiger partial charge in [-0.05, 0) is 32.0 Å². The van der Waals surface area contributed by atoms with Crippen LogP contribution in [0, 0.1) is 13.8 Å². The smallest absolute Gasteiger partial charge is 0.246 e. The van der Waals surface area contributed by atoms with E-state index in [-0.39, 0.29) is 18.2 Å². The number of carbonyl (C=O) groups is 1. The lowest BCUT2D eigenvalue weighted by Gasteiger charge is -2.08. The molecule has 0 saturated carbocycles. The second-order valence-electron chi connectivity index (χ2n) is 4.15. The first-order chi connectivity index (χ1) is 8.56. The number of nitrogens with one attached hydrogen (secondary N) is 1. The highest BCUT2D eigenvalue weighted by atomic mass is 16.3. The van der Waals surface area contributed by atoms with E-state index in [9.17, 15) is 9.90 Å². The number of amides is 1. The molecule has 0 bridgehead atoms. The molecule has 1 heterocycles. The van der Waals surface area contributed by atoms with Crippen LogP contribution in [0.1, 0.15) is 11.4 Å². The van der Waals surface area contributed by atoms with E-state index in [1.165, 1.54) is 6.07 Å². The Labute approximate surface area is 105 Å². The van der Waals surface area contributed by atoms with E-state index in [1.54, 1.807) is 22.9 Å². The van der Waals surface area contributed by atoms with Gasteiger partial charge in [0.15, 0.2) is 0 Å². The standard InChI is InChI=1S/C13H15N3O2/c1-9-7-10(2)16(15-9)8-13(18)14-11-5-3-4-6-12(11)17/h3-7,17H,8H2,1-2H3,(H,14,18). The highest BCUT2D eigenvalue weighted by molar-refractivity contribution is 5.91. The summed E-state index contributed by atoms with van der Waals surface area (Å²) in [5, 5.41) is 16.4. The molecule has 2 N–H and O–H groups in total. The van der Waals surface area contributed by atoms with E-state index in [2.05, 4.69) is 10.4 Å². The molecule has 0 aliphatic rings. The van der Waals surface area contributed by atoms with Crippen LogP contribution in [0.3, 0.4) is 0 Å². The monoisotopic (exact) mass is 245 g/mol. The van der Waals surface area contributed by atoms with Crippen molar-refractivity contribution in [3.63, 3.8) is 0 Å². The zero-order valence-corrected chi connectivity index (χ0v) is 10.3. The Hall–Kier alpha value is -2.30. The molecule has 0 saturated heterocycles. The number of hydrogen-bond acceptors (Lipinski definition) is 3. The van der Waals surface area contributed by atoms with E-state index in [0.717, 1.165) is 11.4 Å². The highest BCUT2D eigenvalue weighted by Crippen LogP contribution is 2.21. The zero-order chi connectivity index (χ0) is 13.1. The third-order valence-electron chi connectivity index (χ3n) is 2.57. The molecular weight excluding hydrogens is 230 g/mol. The first kappa shape index (κ1) is 12.2. The summed E-state index contributed by atoms with van der Waals surface area (Å²) >= 11 is 0. The molecule has 5 nitrogen and oxygen atoms in total. The van der Waals surface area contributed by atoms with Crippen molar-refractivity contribution in [2.75, 3.05) is 5.32 Å². The maximum absolute atomic E-state index is 11.8. The van der Waals surface area contributed by atoms with E-state index < -0.39 is 0 Å². The third kappa shape index (κ3) is 2.68. The van der Waals surface area contributed by atoms with Crippen molar-refractivity contribution in [2.24, 2.45) is 0 Å². The summed E-state index contributed by atoms with van der Waals surface area (Å²) in [6, 6.07) is 8.53. The van der Waals surface area contributed by atoms with Gasteiger partial charge in [0.2, 0.25) is 5.91 Å². The Morgan fingerprint density at radius 1 is 1.39 bits per heavy atom. The third-order valence-corrected chi connectivity index (χ3v) is 2.57. The van der Waals surface area contributed by atoms with Gasteiger partial charge in [-0.2, -0.15) is 5.10 Å². The SMILES string of the molecule is Cc1cc(C)n(CC(=O)Nc2ccccc2O)n1. The average Bonchev–Trinajstić information content (AvgIpc) is 2.61. The number of anilines is 1. The van der Waals surface area contributed by atoms with E-state index >= 15 is 0 Å². The second kappa shape index (κ2) is 4.91. The number of phenolic OH excluding ortho intramolecular Hbond substituents is 1. The predicted molar refractivity (Wildman–Crippen MR) is 68.4 cm³/mol. The molecule has 1 aromatic carbocycles. The zero-order valence-electron chi connectivity index (χ0n) is 10.3.